The average molecular weight is 534 g/mol. The number of halogens is 2. The molecule has 0 aromatic heterocycles. The first-order valence-electron chi connectivity index (χ1n) is 10.7. The summed E-state index contributed by atoms with van der Waals surface area (Å²) >= 11 is 12.2. The number of benzene rings is 3. The predicted molar refractivity (Wildman–Crippen MR) is 138 cm³/mol. The Labute approximate surface area is 215 Å². The van der Waals surface area contributed by atoms with Crippen LogP contribution in [0.3, 0.4) is 0 Å². The van der Waals surface area contributed by atoms with Gasteiger partial charge in [-0.25, -0.2) is 8.42 Å². The third-order valence-electron chi connectivity index (χ3n) is 5.41. The van der Waals surface area contributed by atoms with Crippen molar-refractivity contribution in [3.8, 4) is 0 Å². The van der Waals surface area contributed by atoms with Crippen molar-refractivity contribution in [2.45, 2.75) is 24.4 Å². The van der Waals surface area contributed by atoms with Gasteiger partial charge in [0.15, 0.2) is 0 Å². The Balaban J connectivity index is 2.04. The fourth-order valence-corrected chi connectivity index (χ4v) is 5.18. The Kier molecular flexibility index (Phi) is 8.77. The van der Waals surface area contributed by atoms with Gasteiger partial charge in [-0.2, -0.15) is 0 Å². The fourth-order valence-electron chi connectivity index (χ4n) is 3.46. The molecule has 1 atom stereocenters. The summed E-state index contributed by atoms with van der Waals surface area (Å²) in [5.41, 5.74) is 0.965. The van der Waals surface area contributed by atoms with Gasteiger partial charge in [0, 0.05) is 13.6 Å². The molecule has 10 heteroatoms. The molecule has 1 N–H and O–H groups in total. The zero-order valence-corrected chi connectivity index (χ0v) is 21.5. The van der Waals surface area contributed by atoms with E-state index in [-0.39, 0.29) is 33.1 Å². The lowest BCUT2D eigenvalue weighted by Crippen LogP contribution is -2.50. The maximum absolute atomic E-state index is 13.6. The molecule has 7 nitrogen and oxygen atoms in total. The number of likely N-dealkylation sites (N-methyl/N-ethyl adjacent to an activating group) is 1. The molecular formula is C25H25Cl2N3O4S. The lowest BCUT2D eigenvalue weighted by molar-refractivity contribution is -0.139. The number of carbonyl (C=O) groups is 2. The molecular weight excluding hydrogens is 509 g/mol. The van der Waals surface area contributed by atoms with Crippen LogP contribution in [0.15, 0.2) is 83.8 Å². The van der Waals surface area contributed by atoms with Gasteiger partial charge >= 0.3 is 0 Å². The molecule has 0 radical (unpaired) electrons. The Morgan fingerprint density at radius 2 is 1.51 bits per heavy atom. The number of nitrogens with zero attached hydrogens (tertiary/aromatic N) is 2. The van der Waals surface area contributed by atoms with Gasteiger partial charge in [-0.05, 0) is 42.8 Å². The molecule has 0 heterocycles. The summed E-state index contributed by atoms with van der Waals surface area (Å²) in [6.45, 7) is 1.16. The van der Waals surface area contributed by atoms with Crippen molar-refractivity contribution in [1.29, 1.82) is 0 Å². The van der Waals surface area contributed by atoms with E-state index in [0.29, 0.717) is 0 Å². The maximum atomic E-state index is 13.6. The van der Waals surface area contributed by atoms with Gasteiger partial charge in [0.2, 0.25) is 11.8 Å². The normalized spacial score (nSPS) is 12.0. The molecule has 184 valence electrons. The summed E-state index contributed by atoms with van der Waals surface area (Å²) in [5.74, 6) is -0.934. The highest BCUT2D eigenvalue weighted by atomic mass is 35.5. The van der Waals surface area contributed by atoms with Crippen LogP contribution in [0.5, 0.6) is 0 Å². The number of sulfonamides is 1. The predicted octanol–water partition coefficient (Wildman–Crippen LogP) is 4.35. The first-order valence-corrected chi connectivity index (χ1v) is 12.9. The Bertz CT molecular complexity index is 1290. The minimum absolute atomic E-state index is 0.00725. The van der Waals surface area contributed by atoms with Crippen molar-refractivity contribution >= 4 is 50.7 Å². The number of carbonyl (C=O) groups excluding carboxylic acids is 2. The fraction of sp³-hybridized carbons (Fsp3) is 0.200. The molecule has 0 aliphatic rings. The topological polar surface area (TPSA) is 86.8 Å². The standard InChI is InChI=1S/C25H25Cl2N3O4S/c1-18(25(32)28-2)29(16-19-9-5-3-6-10-19)24(31)17-30(20-13-14-22(26)23(27)15-20)35(33,34)21-11-7-4-8-12-21/h3-15,18H,16-17H2,1-2H3,(H,28,32). The summed E-state index contributed by atoms with van der Waals surface area (Å²) in [5, 5.41) is 2.94. The van der Waals surface area contributed by atoms with Gasteiger partial charge in [-0.1, -0.05) is 71.7 Å². The summed E-state index contributed by atoms with van der Waals surface area (Å²) < 4.78 is 28.2. The molecule has 0 aliphatic carbocycles. The van der Waals surface area contributed by atoms with Crippen LogP contribution >= 0.6 is 23.2 Å². The quantitative estimate of drug-likeness (QED) is 0.442. The summed E-state index contributed by atoms with van der Waals surface area (Å²) in [6.07, 6.45) is 0. The molecule has 0 fully saturated rings. The van der Waals surface area contributed by atoms with Crippen LogP contribution in [0.1, 0.15) is 12.5 Å². The maximum Gasteiger partial charge on any atom is 0.264 e. The molecule has 1 unspecified atom stereocenters. The van der Waals surface area contributed by atoms with Crippen molar-refractivity contribution in [2.75, 3.05) is 17.9 Å². The van der Waals surface area contributed by atoms with Crippen LogP contribution < -0.4 is 9.62 Å². The number of hydrogen-bond acceptors (Lipinski definition) is 4. The van der Waals surface area contributed by atoms with E-state index < -0.39 is 28.5 Å². The molecule has 0 saturated heterocycles. The van der Waals surface area contributed by atoms with Crippen molar-refractivity contribution in [3.63, 3.8) is 0 Å². The number of amides is 2. The molecule has 0 spiro atoms. The number of anilines is 1. The number of rotatable bonds is 9. The van der Waals surface area contributed by atoms with Crippen LogP contribution in [-0.2, 0) is 26.2 Å². The third-order valence-corrected chi connectivity index (χ3v) is 7.94. The second-order valence-corrected chi connectivity index (χ2v) is 10.4. The van der Waals surface area contributed by atoms with Crippen molar-refractivity contribution in [3.05, 3.63) is 94.5 Å². The molecule has 0 aliphatic heterocycles. The van der Waals surface area contributed by atoms with Gasteiger partial charge < -0.3 is 10.2 Å². The van der Waals surface area contributed by atoms with E-state index in [1.165, 1.54) is 42.3 Å². The van der Waals surface area contributed by atoms with E-state index in [1.54, 1.807) is 25.1 Å². The van der Waals surface area contributed by atoms with Gasteiger partial charge in [0.25, 0.3) is 10.0 Å². The van der Waals surface area contributed by atoms with Crippen LogP contribution in [0, 0.1) is 0 Å². The minimum Gasteiger partial charge on any atom is -0.357 e. The molecule has 3 aromatic rings. The monoisotopic (exact) mass is 533 g/mol. The second-order valence-electron chi connectivity index (χ2n) is 7.72. The van der Waals surface area contributed by atoms with E-state index in [0.717, 1.165) is 9.87 Å². The van der Waals surface area contributed by atoms with E-state index in [1.807, 2.05) is 30.3 Å². The molecule has 0 saturated carbocycles. The lowest BCUT2D eigenvalue weighted by atomic mass is 10.1. The number of nitrogens with one attached hydrogen (secondary N) is 1. The van der Waals surface area contributed by atoms with Crippen molar-refractivity contribution in [2.24, 2.45) is 0 Å². The third kappa shape index (κ3) is 6.33. The van der Waals surface area contributed by atoms with Crippen molar-refractivity contribution in [1.82, 2.24) is 10.2 Å². The summed E-state index contributed by atoms with van der Waals surface area (Å²) in [6, 6.07) is 20.4. The van der Waals surface area contributed by atoms with Crippen molar-refractivity contribution < 1.29 is 18.0 Å². The summed E-state index contributed by atoms with van der Waals surface area (Å²) in [7, 11) is -2.68. The first kappa shape index (κ1) is 26.5. The lowest BCUT2D eigenvalue weighted by Gasteiger charge is -2.31. The number of hydrogen-bond donors (Lipinski definition) is 1. The molecule has 35 heavy (non-hydrogen) atoms. The Hall–Kier alpha value is -3.07. The Morgan fingerprint density at radius 1 is 0.914 bits per heavy atom. The molecule has 3 rings (SSSR count). The zero-order chi connectivity index (χ0) is 25.6. The molecule has 3 aromatic carbocycles. The smallest absolute Gasteiger partial charge is 0.264 e. The van der Waals surface area contributed by atoms with E-state index >= 15 is 0 Å². The highest BCUT2D eigenvalue weighted by molar-refractivity contribution is 7.92. The SMILES string of the molecule is CNC(=O)C(C)N(Cc1ccccc1)C(=O)CN(c1ccc(Cl)c(Cl)c1)S(=O)(=O)c1ccccc1. The van der Waals surface area contributed by atoms with Crippen LogP contribution in [0.4, 0.5) is 5.69 Å². The molecule has 2 amide bonds. The van der Waals surface area contributed by atoms with Crippen LogP contribution in [0.2, 0.25) is 10.0 Å². The van der Waals surface area contributed by atoms with Crippen LogP contribution in [0.25, 0.3) is 0 Å². The summed E-state index contributed by atoms with van der Waals surface area (Å²) in [4.78, 5) is 27.4. The largest absolute Gasteiger partial charge is 0.357 e. The molecule has 0 bridgehead atoms. The van der Waals surface area contributed by atoms with E-state index in [2.05, 4.69) is 5.32 Å². The highest BCUT2D eigenvalue weighted by Crippen LogP contribution is 2.30. The van der Waals surface area contributed by atoms with Crippen LogP contribution in [-0.4, -0.2) is 44.8 Å². The zero-order valence-electron chi connectivity index (χ0n) is 19.2. The van der Waals surface area contributed by atoms with E-state index in [9.17, 15) is 18.0 Å². The highest BCUT2D eigenvalue weighted by Gasteiger charge is 2.32. The average Bonchev–Trinajstić information content (AvgIpc) is 2.87. The van der Waals surface area contributed by atoms with E-state index in [4.69, 9.17) is 23.2 Å². The van der Waals surface area contributed by atoms with Gasteiger partial charge in [-0.3, -0.25) is 13.9 Å². The second kappa shape index (κ2) is 11.6. The first-order chi connectivity index (χ1) is 16.6. The minimum atomic E-state index is -4.15. The van der Waals surface area contributed by atoms with Gasteiger partial charge in [-0.15, -0.1) is 0 Å². The van der Waals surface area contributed by atoms with Gasteiger partial charge in [0.1, 0.15) is 12.6 Å². The Morgan fingerprint density at radius 3 is 2.09 bits per heavy atom. The van der Waals surface area contributed by atoms with Gasteiger partial charge in [0.05, 0.1) is 20.6 Å².